The smallest absolute Gasteiger partial charge is 0.246 e. The van der Waals surface area contributed by atoms with Crippen LogP contribution < -0.4 is 5.32 Å². The van der Waals surface area contributed by atoms with Crippen molar-refractivity contribution in [1.82, 2.24) is 5.32 Å². The summed E-state index contributed by atoms with van der Waals surface area (Å²) in [5.74, 6) is 0.921. The maximum Gasteiger partial charge on any atom is 0.246 e. The van der Waals surface area contributed by atoms with Crippen molar-refractivity contribution in [1.29, 1.82) is 0 Å². The highest BCUT2D eigenvalue weighted by atomic mass is 16.5. The first-order valence-corrected chi connectivity index (χ1v) is 8.18. The van der Waals surface area contributed by atoms with Crippen LogP contribution in [0.1, 0.15) is 57.8 Å². The number of hydrogen-bond acceptors (Lipinski definition) is 4. The van der Waals surface area contributed by atoms with E-state index >= 15 is 0 Å². The minimum absolute atomic E-state index is 0.0934. The number of aliphatic hydroxyl groups excluding tert-OH is 1. The lowest BCUT2D eigenvalue weighted by atomic mass is 9.88. The van der Waals surface area contributed by atoms with Crippen LogP contribution in [0, 0.1) is 5.92 Å². The molecule has 1 aliphatic carbocycles. The summed E-state index contributed by atoms with van der Waals surface area (Å²) in [6, 6.07) is 3.33. The summed E-state index contributed by atoms with van der Waals surface area (Å²) in [5.41, 5.74) is 0. The summed E-state index contributed by atoms with van der Waals surface area (Å²) in [6.07, 6.45) is 6.10. The van der Waals surface area contributed by atoms with Gasteiger partial charge in [0.15, 0.2) is 0 Å². The van der Waals surface area contributed by atoms with Crippen LogP contribution in [0.15, 0.2) is 22.8 Å². The van der Waals surface area contributed by atoms with Gasteiger partial charge in [0.2, 0.25) is 5.91 Å². The molecule has 1 saturated carbocycles. The molecule has 1 fully saturated rings. The lowest BCUT2D eigenvalue weighted by Crippen LogP contribution is -2.38. The molecular formula is C17H27NO4. The van der Waals surface area contributed by atoms with E-state index in [9.17, 15) is 9.90 Å². The first-order valence-electron chi connectivity index (χ1n) is 8.18. The summed E-state index contributed by atoms with van der Waals surface area (Å²) < 4.78 is 10.9. The highest BCUT2D eigenvalue weighted by molar-refractivity contribution is 5.77. The summed E-state index contributed by atoms with van der Waals surface area (Å²) >= 11 is 0. The third-order valence-electron chi connectivity index (χ3n) is 4.32. The Kier molecular flexibility index (Phi) is 6.46. The number of nitrogens with one attached hydrogen (secondary N) is 1. The van der Waals surface area contributed by atoms with Crippen LogP contribution >= 0.6 is 0 Å². The standard InChI is InChI=1S/C17H27NO4/c1-12-6-3-4-7-15(12)22-11-17(20)18-13(2)10-14(19)16-8-5-9-21-16/h5,8-9,12-15,19H,3-4,6-7,10-11H2,1-2H3,(H,18,20). The molecular weight excluding hydrogens is 282 g/mol. The maximum absolute atomic E-state index is 11.9. The average Bonchev–Trinajstić information content (AvgIpc) is 3.00. The minimum atomic E-state index is -0.704. The number of amides is 1. The van der Waals surface area contributed by atoms with Gasteiger partial charge in [0, 0.05) is 12.5 Å². The fraction of sp³-hybridized carbons (Fsp3) is 0.706. The number of hydrogen-bond donors (Lipinski definition) is 2. The van der Waals surface area contributed by atoms with Crippen LogP contribution in [-0.4, -0.2) is 29.8 Å². The van der Waals surface area contributed by atoms with E-state index in [1.807, 2.05) is 6.92 Å². The van der Waals surface area contributed by atoms with E-state index < -0.39 is 6.10 Å². The summed E-state index contributed by atoms with van der Waals surface area (Å²) in [4.78, 5) is 11.9. The molecule has 0 aliphatic heterocycles. The first-order chi connectivity index (χ1) is 10.6. The van der Waals surface area contributed by atoms with E-state index in [1.54, 1.807) is 12.1 Å². The van der Waals surface area contributed by atoms with Gasteiger partial charge < -0.3 is 19.6 Å². The van der Waals surface area contributed by atoms with Crippen LogP contribution in [0.3, 0.4) is 0 Å². The Labute approximate surface area is 132 Å². The fourth-order valence-electron chi connectivity index (χ4n) is 3.02. The Bertz CT molecular complexity index is 446. The van der Waals surface area contributed by atoms with Gasteiger partial charge in [0.05, 0.1) is 12.4 Å². The van der Waals surface area contributed by atoms with Crippen molar-refractivity contribution in [3.63, 3.8) is 0 Å². The van der Waals surface area contributed by atoms with Crippen molar-refractivity contribution in [3.8, 4) is 0 Å². The zero-order chi connectivity index (χ0) is 15.9. The molecule has 1 amide bonds. The second kappa shape index (κ2) is 8.34. The quantitative estimate of drug-likeness (QED) is 0.812. The number of carbonyl (C=O) groups excluding carboxylic acids is 1. The molecule has 0 bridgehead atoms. The Hall–Kier alpha value is -1.33. The lowest BCUT2D eigenvalue weighted by Gasteiger charge is -2.28. The van der Waals surface area contributed by atoms with E-state index in [1.165, 1.54) is 25.5 Å². The fourth-order valence-corrected chi connectivity index (χ4v) is 3.02. The Morgan fingerprint density at radius 3 is 2.95 bits per heavy atom. The Morgan fingerprint density at radius 1 is 1.50 bits per heavy atom. The van der Waals surface area contributed by atoms with Crippen LogP contribution in [0.2, 0.25) is 0 Å². The van der Waals surface area contributed by atoms with Gasteiger partial charge in [0.25, 0.3) is 0 Å². The lowest BCUT2D eigenvalue weighted by molar-refractivity contribution is -0.130. The second-order valence-corrected chi connectivity index (χ2v) is 6.35. The molecule has 4 unspecified atom stereocenters. The van der Waals surface area contributed by atoms with Crippen molar-refractivity contribution in [3.05, 3.63) is 24.2 Å². The number of aliphatic hydroxyl groups is 1. The molecule has 0 aromatic carbocycles. The minimum Gasteiger partial charge on any atom is -0.467 e. The molecule has 0 radical (unpaired) electrons. The molecule has 5 nitrogen and oxygen atoms in total. The molecule has 2 rings (SSSR count). The Balaban J connectivity index is 1.67. The van der Waals surface area contributed by atoms with Crippen molar-refractivity contribution in [2.24, 2.45) is 5.92 Å². The van der Waals surface area contributed by atoms with Gasteiger partial charge in [-0.2, -0.15) is 0 Å². The summed E-state index contributed by atoms with van der Waals surface area (Å²) in [7, 11) is 0. The Morgan fingerprint density at radius 2 is 2.27 bits per heavy atom. The number of furan rings is 1. The molecule has 2 N–H and O–H groups in total. The average molecular weight is 309 g/mol. The largest absolute Gasteiger partial charge is 0.467 e. The molecule has 124 valence electrons. The molecule has 1 heterocycles. The van der Waals surface area contributed by atoms with Crippen molar-refractivity contribution in [2.45, 2.75) is 64.2 Å². The highest BCUT2D eigenvalue weighted by Crippen LogP contribution is 2.26. The van der Waals surface area contributed by atoms with Gasteiger partial charge in [-0.05, 0) is 37.8 Å². The van der Waals surface area contributed by atoms with Gasteiger partial charge >= 0.3 is 0 Å². The van der Waals surface area contributed by atoms with E-state index in [0.717, 1.165) is 6.42 Å². The van der Waals surface area contributed by atoms with E-state index in [0.29, 0.717) is 18.1 Å². The molecule has 1 aromatic rings. The monoisotopic (exact) mass is 309 g/mol. The predicted octanol–water partition coefficient (Wildman–Crippen LogP) is 2.80. The zero-order valence-electron chi connectivity index (χ0n) is 13.5. The van der Waals surface area contributed by atoms with E-state index in [-0.39, 0.29) is 24.7 Å². The predicted molar refractivity (Wildman–Crippen MR) is 83.3 cm³/mol. The van der Waals surface area contributed by atoms with Crippen LogP contribution in [0.25, 0.3) is 0 Å². The van der Waals surface area contributed by atoms with Gasteiger partial charge in [-0.3, -0.25) is 4.79 Å². The third kappa shape index (κ3) is 5.14. The highest BCUT2D eigenvalue weighted by Gasteiger charge is 2.23. The molecule has 4 atom stereocenters. The van der Waals surface area contributed by atoms with Crippen LogP contribution in [-0.2, 0) is 9.53 Å². The van der Waals surface area contributed by atoms with Crippen LogP contribution in [0.4, 0.5) is 0 Å². The topological polar surface area (TPSA) is 71.7 Å². The van der Waals surface area contributed by atoms with Gasteiger partial charge in [-0.1, -0.05) is 19.8 Å². The molecule has 1 aliphatic rings. The molecule has 0 spiro atoms. The molecule has 5 heteroatoms. The van der Waals surface area contributed by atoms with Crippen molar-refractivity contribution in [2.75, 3.05) is 6.61 Å². The third-order valence-corrected chi connectivity index (χ3v) is 4.32. The summed E-state index contributed by atoms with van der Waals surface area (Å²) in [5, 5.41) is 12.8. The van der Waals surface area contributed by atoms with E-state index in [2.05, 4.69) is 12.2 Å². The SMILES string of the molecule is CC(CC(O)c1ccco1)NC(=O)COC1CCCCC1C. The maximum atomic E-state index is 11.9. The van der Waals surface area contributed by atoms with Crippen molar-refractivity contribution < 1.29 is 19.1 Å². The molecule has 0 saturated heterocycles. The van der Waals surface area contributed by atoms with E-state index in [4.69, 9.17) is 9.15 Å². The van der Waals surface area contributed by atoms with Crippen LogP contribution in [0.5, 0.6) is 0 Å². The molecule has 1 aromatic heterocycles. The zero-order valence-corrected chi connectivity index (χ0v) is 13.5. The summed E-state index contributed by atoms with van der Waals surface area (Å²) in [6.45, 7) is 4.15. The molecule has 22 heavy (non-hydrogen) atoms. The van der Waals surface area contributed by atoms with Gasteiger partial charge in [0.1, 0.15) is 18.5 Å². The van der Waals surface area contributed by atoms with Gasteiger partial charge in [-0.25, -0.2) is 0 Å². The first kappa shape index (κ1) is 17.0. The number of rotatable bonds is 7. The number of carbonyl (C=O) groups is 1. The second-order valence-electron chi connectivity index (χ2n) is 6.35. The van der Waals surface area contributed by atoms with Gasteiger partial charge in [-0.15, -0.1) is 0 Å². The number of ether oxygens (including phenoxy) is 1. The van der Waals surface area contributed by atoms with Crippen molar-refractivity contribution >= 4 is 5.91 Å². The normalized spacial score (nSPS) is 24.7.